The van der Waals surface area contributed by atoms with E-state index in [4.69, 9.17) is 14.5 Å². The van der Waals surface area contributed by atoms with E-state index in [1.54, 1.807) is 0 Å². The average Bonchev–Trinajstić information content (AvgIpc) is 3.00. The van der Waals surface area contributed by atoms with Gasteiger partial charge in [0.2, 0.25) is 0 Å². The van der Waals surface area contributed by atoms with E-state index in [1.165, 1.54) is 6.42 Å². The van der Waals surface area contributed by atoms with E-state index < -0.39 is 11.2 Å². The third kappa shape index (κ3) is 13.1. The predicted molar refractivity (Wildman–Crippen MR) is 209 cm³/mol. The summed E-state index contributed by atoms with van der Waals surface area (Å²) < 4.78 is 13.1. The van der Waals surface area contributed by atoms with Gasteiger partial charge in [0.15, 0.2) is 0 Å². The van der Waals surface area contributed by atoms with Crippen molar-refractivity contribution in [2.24, 2.45) is 58.3 Å². The Morgan fingerprint density at radius 1 is 0.854 bits per heavy atom. The maximum Gasteiger partial charge on any atom is 0.0703 e. The van der Waals surface area contributed by atoms with Crippen molar-refractivity contribution in [2.45, 2.75) is 192 Å². The Morgan fingerprint density at radius 3 is 1.88 bits per heavy atom. The summed E-state index contributed by atoms with van der Waals surface area (Å²) in [5.74, 6) is 1.28. The lowest BCUT2D eigenvalue weighted by atomic mass is 9.66. The fourth-order valence-corrected chi connectivity index (χ4v) is 8.52. The average molecular weight is 681 g/mol. The van der Waals surface area contributed by atoms with Crippen LogP contribution in [-0.4, -0.2) is 64.3 Å². The van der Waals surface area contributed by atoms with E-state index in [2.05, 4.69) is 90.0 Å². The van der Waals surface area contributed by atoms with Crippen LogP contribution in [0.25, 0.3) is 0 Å². The number of hydrogen-bond donors (Lipinski definition) is 3. The number of nitrogens with zero attached hydrogens (tertiary/aromatic N) is 1. The Bertz CT molecular complexity index is 946. The van der Waals surface area contributed by atoms with Crippen LogP contribution in [0.15, 0.2) is 4.99 Å². The second-order valence-electron chi connectivity index (χ2n) is 17.0. The number of hydrogen-bond acceptors (Lipinski definition) is 6. The largest absolute Gasteiger partial charge is 0.390 e. The van der Waals surface area contributed by atoms with Crippen molar-refractivity contribution >= 4 is 11.4 Å². The summed E-state index contributed by atoms with van der Waals surface area (Å²) in [5.41, 5.74) is -0.411. The molecule has 286 valence electrons. The van der Waals surface area contributed by atoms with Gasteiger partial charge in [-0.15, -0.1) is 0 Å². The molecule has 3 N–H and O–H groups in total. The van der Waals surface area contributed by atoms with Gasteiger partial charge in [-0.3, -0.25) is 4.99 Å². The highest BCUT2D eigenvalue weighted by molar-refractivity contribution is 5.89. The lowest BCUT2D eigenvalue weighted by Crippen LogP contribution is -2.51. The molecule has 0 aliphatic heterocycles. The Kier molecular flexibility index (Phi) is 20.5. The van der Waals surface area contributed by atoms with Gasteiger partial charge in [-0.2, -0.15) is 0 Å². The first-order valence-electron chi connectivity index (χ1n) is 19.9. The zero-order chi connectivity index (χ0) is 37.8. The number of rotatable bonds is 6. The third-order valence-electron chi connectivity index (χ3n) is 12.1. The quantitative estimate of drug-likeness (QED) is 0.260. The number of ether oxygens (including phenoxy) is 2. The lowest BCUT2D eigenvalue weighted by Gasteiger charge is -2.48. The summed E-state index contributed by atoms with van der Waals surface area (Å²) in [5, 5.41) is 33.4. The molecule has 2 aliphatic carbocycles. The van der Waals surface area contributed by atoms with Crippen LogP contribution in [0.3, 0.4) is 0 Å². The molecule has 2 aliphatic rings. The fraction of sp³-hybridized carbons (Fsp3) is 0.952. The second-order valence-corrected chi connectivity index (χ2v) is 17.0. The molecule has 13 atom stereocenters. The molecule has 0 radical (unpaired) electrons. The van der Waals surface area contributed by atoms with Crippen LogP contribution >= 0.6 is 0 Å². The van der Waals surface area contributed by atoms with Gasteiger partial charge in [-0.1, -0.05) is 110 Å². The normalized spacial score (nSPS) is 42.7. The van der Waals surface area contributed by atoms with Crippen LogP contribution in [0.1, 0.15) is 163 Å². The van der Waals surface area contributed by atoms with Crippen LogP contribution in [0.5, 0.6) is 0 Å². The van der Waals surface area contributed by atoms with Gasteiger partial charge in [0.1, 0.15) is 0 Å². The predicted octanol–water partition coefficient (Wildman–Crippen LogP) is 10.7. The number of nitrogens with one attached hydrogen (secondary N) is 1. The van der Waals surface area contributed by atoms with E-state index in [9.17, 15) is 15.6 Å². The molecule has 2 rings (SSSR count). The molecule has 6 nitrogen and oxygen atoms in total. The monoisotopic (exact) mass is 681 g/mol. The minimum Gasteiger partial charge on any atom is -0.390 e. The van der Waals surface area contributed by atoms with Crippen LogP contribution in [-0.2, 0) is 9.47 Å². The molecule has 6 heteroatoms. The van der Waals surface area contributed by atoms with Crippen molar-refractivity contribution in [1.82, 2.24) is 0 Å². The first-order valence-corrected chi connectivity index (χ1v) is 19.9. The lowest BCUT2D eigenvalue weighted by molar-refractivity contribution is -0.159. The summed E-state index contributed by atoms with van der Waals surface area (Å²) in [6.07, 6.45) is 5.38. The van der Waals surface area contributed by atoms with Crippen molar-refractivity contribution in [2.75, 3.05) is 13.7 Å². The molecule has 0 bridgehead atoms. The molecule has 0 spiro atoms. The molecule has 48 heavy (non-hydrogen) atoms. The Morgan fingerprint density at radius 2 is 1.40 bits per heavy atom. The number of aliphatic hydroxyl groups is 2. The van der Waals surface area contributed by atoms with E-state index in [0.717, 1.165) is 31.5 Å². The standard InChI is InChI=1S/C37H70N2O4.C3H8.C2H6/c1-15-30-17-32(38)27(8)34(43-31-16-23(4)28(9)36(12,20-31)42-14)25(6)19-35(11,40)18-24(5)33(39-21-22(2)3)26(7)29(10)37(30,13)41;1-3-2;1-2/h22-31,34,38,40-41H,15-21H2,1-14H3;3H2,1-2H3;1-2H3/t23?,24-,25-,26?,27?,28+,29?,30+,31-,34+,35-,36-,37+;;/m1../s1. The van der Waals surface area contributed by atoms with Crippen LogP contribution in [0.4, 0.5) is 0 Å². The molecule has 0 aromatic heterocycles. The van der Waals surface area contributed by atoms with Crippen LogP contribution < -0.4 is 0 Å². The van der Waals surface area contributed by atoms with E-state index in [1.807, 2.05) is 34.8 Å². The van der Waals surface area contributed by atoms with Crippen molar-refractivity contribution in [3.8, 4) is 0 Å². The molecule has 0 aromatic rings. The molecule has 0 aromatic carbocycles. The SMILES string of the molecule is CC.CCC.CC[C@H]1CC(=N)C(C)[C@@H](O[C@@H]2CC(C)[C@H](C)[C@](C)(OC)C2)[C@H](C)C[C@](C)(O)C[C@@H](C)C(=NCC(C)C)C(C)C(C)[C@]1(C)O. The van der Waals surface area contributed by atoms with Crippen molar-refractivity contribution < 1.29 is 19.7 Å². The minimum atomic E-state index is -0.970. The zero-order valence-electron chi connectivity index (χ0n) is 35.2. The summed E-state index contributed by atoms with van der Waals surface area (Å²) >= 11 is 0. The van der Waals surface area contributed by atoms with Gasteiger partial charge in [0.05, 0.1) is 29.0 Å². The summed E-state index contributed by atoms with van der Waals surface area (Å²) in [6.45, 7) is 37.1. The van der Waals surface area contributed by atoms with E-state index >= 15 is 0 Å². The fourth-order valence-electron chi connectivity index (χ4n) is 8.52. The number of aliphatic imine (C=N–C) groups is 1. The summed E-state index contributed by atoms with van der Waals surface area (Å²) in [7, 11) is 1.81. The Labute approximate surface area is 299 Å². The molecule has 0 heterocycles. The highest BCUT2D eigenvalue weighted by Gasteiger charge is 2.46. The van der Waals surface area contributed by atoms with Gasteiger partial charge >= 0.3 is 0 Å². The molecular formula is C42H84N2O4. The topological polar surface area (TPSA) is 95.1 Å². The maximum atomic E-state index is 12.1. The van der Waals surface area contributed by atoms with Crippen molar-refractivity contribution in [3.05, 3.63) is 0 Å². The van der Waals surface area contributed by atoms with E-state index in [0.29, 0.717) is 42.7 Å². The molecule has 2 saturated carbocycles. The maximum absolute atomic E-state index is 12.1. The smallest absolute Gasteiger partial charge is 0.0703 e. The summed E-state index contributed by atoms with van der Waals surface area (Å²) in [6, 6.07) is 0. The summed E-state index contributed by atoms with van der Waals surface area (Å²) in [4.78, 5) is 5.14. The Balaban J connectivity index is 0.00000417. The van der Waals surface area contributed by atoms with Crippen molar-refractivity contribution in [1.29, 1.82) is 5.41 Å². The first kappa shape index (κ1) is 47.2. The molecule has 4 unspecified atom stereocenters. The molecule has 0 saturated heterocycles. The molecular weight excluding hydrogens is 596 g/mol. The highest BCUT2D eigenvalue weighted by Crippen LogP contribution is 2.44. The highest BCUT2D eigenvalue weighted by atomic mass is 16.5. The zero-order valence-corrected chi connectivity index (χ0v) is 35.2. The third-order valence-corrected chi connectivity index (χ3v) is 12.1. The Hall–Kier alpha value is -0.820. The van der Waals surface area contributed by atoms with Gasteiger partial charge in [0.25, 0.3) is 0 Å². The van der Waals surface area contributed by atoms with Gasteiger partial charge < -0.3 is 25.1 Å². The minimum absolute atomic E-state index is 0.0299. The van der Waals surface area contributed by atoms with Gasteiger partial charge in [-0.05, 0) is 93.8 Å². The van der Waals surface area contributed by atoms with Crippen LogP contribution in [0, 0.1) is 58.7 Å². The number of methoxy groups -OCH3 is 1. The van der Waals surface area contributed by atoms with Gasteiger partial charge in [0, 0.05) is 37.4 Å². The molecule has 0 amide bonds. The second kappa shape index (κ2) is 20.9. The van der Waals surface area contributed by atoms with Gasteiger partial charge in [-0.25, -0.2) is 0 Å². The van der Waals surface area contributed by atoms with Crippen LogP contribution in [0.2, 0.25) is 0 Å². The first-order chi connectivity index (χ1) is 22.1. The van der Waals surface area contributed by atoms with E-state index in [-0.39, 0.29) is 53.3 Å². The van der Waals surface area contributed by atoms with Crippen molar-refractivity contribution in [3.63, 3.8) is 0 Å². The molecule has 2 fully saturated rings.